The molecule has 1 saturated heterocycles. The van der Waals surface area contributed by atoms with Gasteiger partial charge in [0.1, 0.15) is 5.60 Å². The minimum absolute atomic E-state index is 0.169. The van der Waals surface area contributed by atoms with E-state index in [1.807, 2.05) is 25.7 Å². The van der Waals surface area contributed by atoms with Crippen molar-refractivity contribution >= 4 is 34.4 Å². The minimum atomic E-state index is -0.413. The highest BCUT2D eigenvalue weighted by atomic mass is 127. The summed E-state index contributed by atoms with van der Waals surface area (Å²) < 4.78 is 6.72. The largest absolute Gasteiger partial charge is 0.444 e. The van der Waals surface area contributed by atoms with Crippen molar-refractivity contribution < 1.29 is 9.53 Å². The van der Waals surface area contributed by atoms with Crippen molar-refractivity contribution in [3.8, 4) is 0 Å². The first-order chi connectivity index (χ1) is 11.2. The predicted octanol–water partition coefficient (Wildman–Crippen LogP) is 4.76. The maximum atomic E-state index is 12.1. The zero-order valence-electron chi connectivity index (χ0n) is 15.2. The number of carbonyl (C=O) groups excluding carboxylic acids is 1. The van der Waals surface area contributed by atoms with Crippen molar-refractivity contribution in [1.82, 2.24) is 4.90 Å². The van der Waals surface area contributed by atoms with Crippen LogP contribution in [0.3, 0.4) is 0 Å². The van der Waals surface area contributed by atoms with Gasteiger partial charge in [0, 0.05) is 35.9 Å². The molecule has 0 atom stereocenters. The Morgan fingerprint density at radius 3 is 2.38 bits per heavy atom. The van der Waals surface area contributed by atoms with Gasteiger partial charge in [-0.2, -0.15) is 0 Å². The van der Waals surface area contributed by atoms with E-state index in [9.17, 15) is 4.79 Å². The molecule has 0 radical (unpaired) electrons. The van der Waals surface area contributed by atoms with Crippen molar-refractivity contribution in [3.63, 3.8) is 0 Å². The van der Waals surface area contributed by atoms with E-state index in [1.54, 1.807) is 0 Å². The van der Waals surface area contributed by atoms with E-state index in [1.165, 1.54) is 15.7 Å². The third-order valence-electron chi connectivity index (χ3n) is 4.41. The van der Waals surface area contributed by atoms with Crippen molar-refractivity contribution in [2.24, 2.45) is 5.92 Å². The van der Waals surface area contributed by atoms with Gasteiger partial charge < -0.3 is 14.5 Å². The summed E-state index contributed by atoms with van der Waals surface area (Å²) in [7, 11) is 2.15. The van der Waals surface area contributed by atoms with Crippen LogP contribution in [-0.2, 0) is 4.74 Å². The number of piperidine rings is 1. The van der Waals surface area contributed by atoms with E-state index in [4.69, 9.17) is 4.74 Å². The molecule has 0 saturated carbocycles. The van der Waals surface area contributed by atoms with Crippen molar-refractivity contribution in [2.75, 3.05) is 31.6 Å². The van der Waals surface area contributed by atoms with E-state index < -0.39 is 5.60 Å². The van der Waals surface area contributed by atoms with Crippen LogP contribution in [0, 0.1) is 9.49 Å². The molecule has 0 aliphatic carbocycles. The Morgan fingerprint density at radius 1 is 1.25 bits per heavy atom. The van der Waals surface area contributed by atoms with Crippen molar-refractivity contribution in [1.29, 1.82) is 0 Å². The minimum Gasteiger partial charge on any atom is -0.444 e. The molecule has 1 heterocycles. The van der Waals surface area contributed by atoms with Gasteiger partial charge in [-0.25, -0.2) is 4.79 Å². The summed E-state index contributed by atoms with van der Waals surface area (Å²) in [5.41, 5.74) is 0.853. The molecule has 24 heavy (non-hydrogen) atoms. The Bertz CT molecular complexity index is 531. The molecule has 0 bridgehead atoms. The first-order valence-electron chi connectivity index (χ1n) is 8.69. The highest BCUT2D eigenvalue weighted by Crippen LogP contribution is 2.23. The fourth-order valence-corrected chi connectivity index (χ4v) is 3.29. The van der Waals surface area contributed by atoms with Gasteiger partial charge in [-0.1, -0.05) is 0 Å². The molecule has 1 aromatic rings. The lowest BCUT2D eigenvalue weighted by atomic mass is 9.93. The first-order valence-corrected chi connectivity index (χ1v) is 9.77. The monoisotopic (exact) mass is 444 g/mol. The van der Waals surface area contributed by atoms with Crippen LogP contribution < -0.4 is 4.90 Å². The number of hydrogen-bond donors (Lipinski definition) is 0. The van der Waals surface area contributed by atoms with Crippen LogP contribution in [0.2, 0.25) is 0 Å². The predicted molar refractivity (Wildman–Crippen MR) is 108 cm³/mol. The average Bonchev–Trinajstić information content (AvgIpc) is 2.52. The molecular formula is C19H29IN2O2. The highest BCUT2D eigenvalue weighted by Gasteiger charge is 2.26. The fourth-order valence-electron chi connectivity index (χ4n) is 2.93. The van der Waals surface area contributed by atoms with Gasteiger partial charge in [0.15, 0.2) is 0 Å². The molecule has 0 spiro atoms. The van der Waals surface area contributed by atoms with Crippen LogP contribution in [0.5, 0.6) is 0 Å². The van der Waals surface area contributed by atoms with Crippen LogP contribution >= 0.6 is 22.6 Å². The quantitative estimate of drug-likeness (QED) is 0.628. The van der Waals surface area contributed by atoms with Crippen molar-refractivity contribution in [3.05, 3.63) is 27.8 Å². The van der Waals surface area contributed by atoms with Gasteiger partial charge in [0.2, 0.25) is 0 Å². The number of ether oxygens (including phenoxy) is 1. The summed E-state index contributed by atoms with van der Waals surface area (Å²) in [6.07, 6.45) is 3.14. The molecule has 134 valence electrons. The molecule has 0 N–H and O–H groups in total. The van der Waals surface area contributed by atoms with Gasteiger partial charge in [0.05, 0.1) is 0 Å². The maximum Gasteiger partial charge on any atom is 0.410 e. The number of amides is 1. The molecule has 0 unspecified atom stereocenters. The molecule has 1 aliphatic heterocycles. The third kappa shape index (κ3) is 6.15. The second-order valence-electron chi connectivity index (χ2n) is 7.60. The summed E-state index contributed by atoms with van der Waals surface area (Å²) in [6, 6.07) is 8.64. The number of rotatable bonds is 4. The lowest BCUT2D eigenvalue weighted by Gasteiger charge is -2.34. The third-order valence-corrected chi connectivity index (χ3v) is 5.13. The summed E-state index contributed by atoms with van der Waals surface area (Å²) >= 11 is 2.33. The van der Waals surface area contributed by atoms with Crippen LogP contribution in [-0.4, -0.2) is 43.3 Å². The molecule has 4 nitrogen and oxygen atoms in total. The topological polar surface area (TPSA) is 32.8 Å². The number of halogens is 1. The van der Waals surface area contributed by atoms with Gasteiger partial charge >= 0.3 is 6.09 Å². The lowest BCUT2D eigenvalue weighted by molar-refractivity contribution is 0.0182. The summed E-state index contributed by atoms with van der Waals surface area (Å²) in [6.45, 7) is 8.42. The normalized spacial score (nSPS) is 16.1. The second kappa shape index (κ2) is 8.41. The van der Waals surface area contributed by atoms with Gasteiger partial charge in [-0.15, -0.1) is 0 Å². The van der Waals surface area contributed by atoms with Gasteiger partial charge in [0.25, 0.3) is 0 Å². The molecule has 1 aliphatic rings. The van der Waals surface area contributed by atoms with E-state index >= 15 is 0 Å². The zero-order valence-corrected chi connectivity index (χ0v) is 17.4. The van der Waals surface area contributed by atoms with E-state index in [0.717, 1.165) is 32.5 Å². The van der Waals surface area contributed by atoms with Crippen LogP contribution in [0.15, 0.2) is 24.3 Å². The molecule has 1 aromatic carbocycles. The molecular weight excluding hydrogens is 415 g/mol. The van der Waals surface area contributed by atoms with Crippen molar-refractivity contribution in [2.45, 2.75) is 45.6 Å². The molecule has 1 amide bonds. The molecule has 0 aromatic heterocycles. The van der Waals surface area contributed by atoms with E-state index in [0.29, 0.717) is 5.92 Å². The smallest absolute Gasteiger partial charge is 0.410 e. The Labute approximate surface area is 159 Å². The Hall–Kier alpha value is -0.980. The summed E-state index contributed by atoms with van der Waals surface area (Å²) in [5, 5.41) is 0. The fraction of sp³-hybridized carbons (Fsp3) is 0.632. The molecule has 2 rings (SSSR count). The number of benzene rings is 1. The molecule has 5 heteroatoms. The van der Waals surface area contributed by atoms with Crippen LogP contribution in [0.1, 0.15) is 40.0 Å². The van der Waals surface area contributed by atoms with Gasteiger partial charge in [-0.05, 0) is 92.8 Å². The van der Waals surface area contributed by atoms with E-state index in [2.05, 4.69) is 58.8 Å². The number of nitrogens with zero attached hydrogens (tertiary/aromatic N) is 2. The van der Waals surface area contributed by atoms with Crippen LogP contribution in [0.25, 0.3) is 0 Å². The first kappa shape index (κ1) is 19.3. The number of likely N-dealkylation sites (tertiary alicyclic amines) is 1. The molecule has 1 fully saturated rings. The number of hydrogen-bond acceptors (Lipinski definition) is 3. The SMILES string of the molecule is CN(CCC1CCN(C(=O)OC(C)(C)C)CC1)c1ccc(I)cc1. The zero-order chi connectivity index (χ0) is 17.7. The standard InChI is InChI=1S/C19H29IN2O2/c1-19(2,3)24-18(23)22-13-10-15(11-14-22)9-12-21(4)17-7-5-16(20)6-8-17/h5-8,15H,9-14H2,1-4H3. The maximum absolute atomic E-state index is 12.1. The Balaban J connectivity index is 1.73. The van der Waals surface area contributed by atoms with E-state index in [-0.39, 0.29) is 6.09 Å². The summed E-state index contributed by atoms with van der Waals surface area (Å²) in [4.78, 5) is 16.3. The second-order valence-corrected chi connectivity index (χ2v) is 8.84. The number of anilines is 1. The van der Waals surface area contributed by atoms with Crippen LogP contribution in [0.4, 0.5) is 10.5 Å². The highest BCUT2D eigenvalue weighted by molar-refractivity contribution is 14.1. The average molecular weight is 444 g/mol. The summed E-state index contributed by atoms with van der Waals surface area (Å²) in [5.74, 6) is 0.690. The lowest BCUT2D eigenvalue weighted by Crippen LogP contribution is -2.42. The van der Waals surface area contributed by atoms with Gasteiger partial charge in [-0.3, -0.25) is 0 Å². The Morgan fingerprint density at radius 2 is 1.83 bits per heavy atom. The Kier molecular flexibility index (Phi) is 6.78. The number of carbonyl (C=O) groups is 1.